The maximum absolute atomic E-state index is 11.6. The molecule has 1 aromatic carbocycles. The molecule has 0 saturated carbocycles. The summed E-state index contributed by atoms with van der Waals surface area (Å²) >= 11 is 0. The summed E-state index contributed by atoms with van der Waals surface area (Å²) in [6.45, 7) is 7.04. The average Bonchev–Trinajstić information content (AvgIpc) is 2.15. The van der Waals surface area contributed by atoms with E-state index in [1.54, 1.807) is 0 Å². The minimum absolute atomic E-state index is 0.0706. The van der Waals surface area contributed by atoms with Crippen LogP contribution in [0.3, 0.4) is 0 Å². The van der Waals surface area contributed by atoms with Crippen molar-refractivity contribution >= 4 is 5.91 Å². The van der Waals surface area contributed by atoms with Crippen LogP contribution in [-0.4, -0.2) is 12.5 Å². The molecule has 1 aliphatic rings. The predicted octanol–water partition coefficient (Wildman–Crippen LogP) is 2.15. The number of nitrogens with one attached hydrogen (secondary N) is 1. The summed E-state index contributed by atoms with van der Waals surface area (Å²) in [6.07, 6.45) is 0. The van der Waals surface area contributed by atoms with Crippen molar-refractivity contribution in [1.29, 1.82) is 0 Å². The molecule has 0 aliphatic carbocycles. The first kappa shape index (κ1) is 9.25. The van der Waals surface area contributed by atoms with Crippen molar-refractivity contribution in [3.05, 3.63) is 34.4 Å². The van der Waals surface area contributed by atoms with Gasteiger partial charge < -0.3 is 5.32 Å². The highest BCUT2D eigenvalue weighted by atomic mass is 16.1. The highest BCUT2D eigenvalue weighted by Crippen LogP contribution is 2.26. The molecule has 74 valence electrons. The molecule has 0 radical (unpaired) electrons. The van der Waals surface area contributed by atoms with E-state index in [2.05, 4.69) is 25.2 Å². The van der Waals surface area contributed by atoms with Gasteiger partial charge in [0, 0.05) is 12.1 Å². The largest absolute Gasteiger partial charge is 0.351 e. The fraction of sp³-hybridized carbons (Fsp3) is 0.417. The molecular weight excluding hydrogens is 174 g/mol. The second-order valence-electron chi connectivity index (χ2n) is 4.13. The van der Waals surface area contributed by atoms with Crippen LogP contribution in [0.4, 0.5) is 0 Å². The second-order valence-corrected chi connectivity index (χ2v) is 4.13. The lowest BCUT2D eigenvalue weighted by molar-refractivity contribution is 0.0941. The van der Waals surface area contributed by atoms with E-state index in [1.165, 1.54) is 16.7 Å². The molecule has 1 aromatic rings. The Balaban J connectivity index is 2.62. The SMILES string of the molecule is Cc1cc2c(cc1C)C(C)CNC2=O. The fourth-order valence-electron chi connectivity index (χ4n) is 1.89. The van der Waals surface area contributed by atoms with E-state index in [0.29, 0.717) is 5.92 Å². The standard InChI is InChI=1S/C12H15NO/c1-7-4-10-9(3)6-13-12(14)11(10)5-8(7)2/h4-5,9H,6H2,1-3H3,(H,13,14). The number of benzene rings is 1. The van der Waals surface area contributed by atoms with Crippen LogP contribution in [0.15, 0.2) is 12.1 Å². The van der Waals surface area contributed by atoms with Gasteiger partial charge in [0.05, 0.1) is 0 Å². The van der Waals surface area contributed by atoms with Crippen molar-refractivity contribution in [2.45, 2.75) is 26.7 Å². The Hall–Kier alpha value is -1.31. The van der Waals surface area contributed by atoms with E-state index < -0.39 is 0 Å². The highest BCUT2D eigenvalue weighted by molar-refractivity contribution is 5.97. The summed E-state index contributed by atoms with van der Waals surface area (Å²) in [5, 5.41) is 2.90. The zero-order valence-electron chi connectivity index (χ0n) is 8.85. The first-order chi connectivity index (χ1) is 6.59. The third kappa shape index (κ3) is 1.31. The summed E-state index contributed by atoms with van der Waals surface area (Å²) < 4.78 is 0. The van der Waals surface area contributed by atoms with Gasteiger partial charge in [-0.15, -0.1) is 0 Å². The van der Waals surface area contributed by atoms with Gasteiger partial charge in [-0.2, -0.15) is 0 Å². The number of amides is 1. The third-order valence-electron chi connectivity index (χ3n) is 3.01. The second kappa shape index (κ2) is 3.12. The molecule has 2 nitrogen and oxygen atoms in total. The first-order valence-electron chi connectivity index (χ1n) is 4.99. The van der Waals surface area contributed by atoms with Gasteiger partial charge in [-0.05, 0) is 42.5 Å². The van der Waals surface area contributed by atoms with Crippen LogP contribution in [0.2, 0.25) is 0 Å². The lowest BCUT2D eigenvalue weighted by Gasteiger charge is -2.23. The van der Waals surface area contributed by atoms with E-state index in [-0.39, 0.29) is 5.91 Å². The van der Waals surface area contributed by atoms with Crippen LogP contribution in [0.5, 0.6) is 0 Å². The van der Waals surface area contributed by atoms with Crippen molar-refractivity contribution in [3.8, 4) is 0 Å². The summed E-state index contributed by atoms with van der Waals surface area (Å²) in [5.41, 5.74) is 4.50. The Morgan fingerprint density at radius 1 is 1.29 bits per heavy atom. The van der Waals surface area contributed by atoms with Crippen molar-refractivity contribution in [3.63, 3.8) is 0 Å². The maximum atomic E-state index is 11.6. The van der Waals surface area contributed by atoms with Crippen molar-refractivity contribution in [2.24, 2.45) is 0 Å². The monoisotopic (exact) mass is 189 g/mol. The molecule has 0 spiro atoms. The lowest BCUT2D eigenvalue weighted by atomic mass is 9.89. The quantitative estimate of drug-likeness (QED) is 0.665. The van der Waals surface area contributed by atoms with E-state index in [9.17, 15) is 4.79 Å². The molecule has 0 bridgehead atoms. The molecule has 1 aliphatic heterocycles. The molecular formula is C12H15NO. The Bertz CT molecular complexity index is 396. The van der Waals surface area contributed by atoms with Gasteiger partial charge in [-0.1, -0.05) is 13.0 Å². The number of hydrogen-bond acceptors (Lipinski definition) is 1. The van der Waals surface area contributed by atoms with Crippen molar-refractivity contribution in [1.82, 2.24) is 5.32 Å². The molecule has 14 heavy (non-hydrogen) atoms. The molecule has 0 saturated heterocycles. The number of aryl methyl sites for hydroxylation is 2. The summed E-state index contributed by atoms with van der Waals surface area (Å²) in [7, 11) is 0. The minimum Gasteiger partial charge on any atom is -0.351 e. The Labute approximate surface area is 84.3 Å². The van der Waals surface area contributed by atoms with Crippen molar-refractivity contribution in [2.75, 3.05) is 6.54 Å². The number of fused-ring (bicyclic) bond motifs is 1. The molecule has 0 fully saturated rings. The topological polar surface area (TPSA) is 29.1 Å². The Morgan fingerprint density at radius 3 is 2.64 bits per heavy atom. The van der Waals surface area contributed by atoms with E-state index >= 15 is 0 Å². The lowest BCUT2D eigenvalue weighted by Crippen LogP contribution is -2.34. The van der Waals surface area contributed by atoms with Gasteiger partial charge in [0.2, 0.25) is 0 Å². The number of hydrogen-bond donors (Lipinski definition) is 1. The molecule has 1 heterocycles. The number of carbonyl (C=O) groups is 1. The number of carbonyl (C=O) groups excluding carboxylic acids is 1. The van der Waals surface area contributed by atoms with Gasteiger partial charge >= 0.3 is 0 Å². The fourth-order valence-corrected chi connectivity index (χ4v) is 1.89. The minimum atomic E-state index is 0.0706. The highest BCUT2D eigenvalue weighted by Gasteiger charge is 2.22. The Morgan fingerprint density at radius 2 is 1.93 bits per heavy atom. The summed E-state index contributed by atoms with van der Waals surface area (Å²) in [6, 6.07) is 4.14. The molecule has 1 N–H and O–H groups in total. The molecule has 2 rings (SSSR count). The molecule has 0 aromatic heterocycles. The van der Waals surface area contributed by atoms with Crippen LogP contribution >= 0.6 is 0 Å². The van der Waals surface area contributed by atoms with E-state index in [0.717, 1.165) is 12.1 Å². The van der Waals surface area contributed by atoms with Crippen LogP contribution in [0.1, 0.15) is 39.9 Å². The van der Waals surface area contributed by atoms with E-state index in [4.69, 9.17) is 0 Å². The smallest absolute Gasteiger partial charge is 0.251 e. The molecule has 1 unspecified atom stereocenters. The zero-order valence-corrected chi connectivity index (χ0v) is 8.85. The maximum Gasteiger partial charge on any atom is 0.251 e. The first-order valence-corrected chi connectivity index (χ1v) is 4.99. The van der Waals surface area contributed by atoms with Crippen LogP contribution in [0.25, 0.3) is 0 Å². The third-order valence-corrected chi connectivity index (χ3v) is 3.01. The number of rotatable bonds is 0. The van der Waals surface area contributed by atoms with Gasteiger partial charge in [0.15, 0.2) is 0 Å². The molecule has 1 amide bonds. The van der Waals surface area contributed by atoms with Crippen LogP contribution < -0.4 is 5.32 Å². The zero-order chi connectivity index (χ0) is 10.3. The van der Waals surface area contributed by atoms with Crippen LogP contribution in [-0.2, 0) is 0 Å². The summed E-state index contributed by atoms with van der Waals surface area (Å²) in [5.74, 6) is 0.503. The van der Waals surface area contributed by atoms with Crippen molar-refractivity contribution < 1.29 is 4.79 Å². The van der Waals surface area contributed by atoms with Gasteiger partial charge in [-0.25, -0.2) is 0 Å². The predicted molar refractivity (Wildman–Crippen MR) is 56.7 cm³/mol. The van der Waals surface area contributed by atoms with E-state index in [1.807, 2.05) is 13.0 Å². The Kier molecular flexibility index (Phi) is 2.06. The van der Waals surface area contributed by atoms with Gasteiger partial charge in [-0.3, -0.25) is 4.79 Å². The van der Waals surface area contributed by atoms with Gasteiger partial charge in [0.1, 0.15) is 0 Å². The average molecular weight is 189 g/mol. The normalized spacial score (nSPS) is 20.2. The van der Waals surface area contributed by atoms with Gasteiger partial charge in [0.25, 0.3) is 5.91 Å². The molecule has 2 heteroatoms. The summed E-state index contributed by atoms with van der Waals surface area (Å²) in [4.78, 5) is 11.6. The van der Waals surface area contributed by atoms with Crippen LogP contribution in [0, 0.1) is 13.8 Å². The molecule has 1 atom stereocenters.